The largest absolute Gasteiger partial charge is 0.349 e. The van der Waals surface area contributed by atoms with Gasteiger partial charge in [0.1, 0.15) is 0 Å². The first-order valence-electron chi connectivity index (χ1n) is 7.58. The van der Waals surface area contributed by atoms with E-state index in [0.29, 0.717) is 22.7 Å². The van der Waals surface area contributed by atoms with Gasteiger partial charge in [0.2, 0.25) is 0 Å². The number of anilines is 1. The number of nitriles is 1. The molecule has 0 bridgehead atoms. The Morgan fingerprint density at radius 3 is 2.78 bits per heavy atom. The highest BCUT2D eigenvalue weighted by molar-refractivity contribution is 6.34. The average molecular weight is 335 g/mol. The van der Waals surface area contributed by atoms with Crippen LogP contribution in [0.25, 0.3) is 0 Å². The van der Waals surface area contributed by atoms with Gasteiger partial charge in [-0.2, -0.15) is 5.26 Å². The first-order valence-corrected chi connectivity index (χ1v) is 7.96. The van der Waals surface area contributed by atoms with Gasteiger partial charge in [0.15, 0.2) is 0 Å². The quantitative estimate of drug-likeness (QED) is 0.746. The van der Waals surface area contributed by atoms with Crippen molar-refractivity contribution in [1.82, 2.24) is 10.6 Å². The number of benzene rings is 1. The summed E-state index contributed by atoms with van der Waals surface area (Å²) in [5.74, 6) is -0.238. The van der Waals surface area contributed by atoms with Crippen LogP contribution in [0, 0.1) is 11.3 Å². The van der Waals surface area contributed by atoms with Gasteiger partial charge < -0.3 is 16.0 Å². The fraction of sp³-hybridized carbons (Fsp3) is 0.438. The second-order valence-corrected chi connectivity index (χ2v) is 5.92. The molecule has 1 aromatic carbocycles. The molecule has 7 heteroatoms. The Labute approximate surface area is 140 Å². The maximum atomic E-state index is 12.1. The lowest BCUT2D eigenvalue weighted by atomic mass is 10.1. The third-order valence-electron chi connectivity index (χ3n) is 3.55. The van der Waals surface area contributed by atoms with Crippen LogP contribution in [0.5, 0.6) is 0 Å². The summed E-state index contributed by atoms with van der Waals surface area (Å²) in [5.41, 5.74) is 0.806. The SMILES string of the molecule is CC[C@@H](CC#N)NC(=O)Nc1ccc(Cl)c(C(=O)NC2CC2)c1. The van der Waals surface area contributed by atoms with Crippen LogP contribution < -0.4 is 16.0 Å². The van der Waals surface area contributed by atoms with E-state index in [9.17, 15) is 9.59 Å². The highest BCUT2D eigenvalue weighted by atomic mass is 35.5. The van der Waals surface area contributed by atoms with Crippen molar-refractivity contribution < 1.29 is 9.59 Å². The predicted octanol–water partition coefficient (Wildman–Crippen LogP) is 3.05. The maximum Gasteiger partial charge on any atom is 0.319 e. The first-order chi connectivity index (χ1) is 11.0. The molecule has 0 radical (unpaired) electrons. The molecule has 0 unspecified atom stereocenters. The van der Waals surface area contributed by atoms with E-state index < -0.39 is 6.03 Å². The van der Waals surface area contributed by atoms with Crippen molar-refractivity contribution in [2.24, 2.45) is 0 Å². The number of carbonyl (C=O) groups is 2. The van der Waals surface area contributed by atoms with E-state index in [0.717, 1.165) is 12.8 Å². The Hall–Kier alpha value is -2.26. The fourth-order valence-electron chi connectivity index (χ4n) is 2.03. The number of urea groups is 1. The van der Waals surface area contributed by atoms with Crippen molar-refractivity contribution >= 4 is 29.2 Å². The number of rotatable bonds is 6. The van der Waals surface area contributed by atoms with Gasteiger partial charge in [0.05, 0.1) is 23.1 Å². The van der Waals surface area contributed by atoms with Gasteiger partial charge in [-0.15, -0.1) is 0 Å². The molecule has 1 aliphatic carbocycles. The van der Waals surface area contributed by atoms with Gasteiger partial charge in [0.25, 0.3) is 5.91 Å². The lowest BCUT2D eigenvalue weighted by Crippen LogP contribution is -2.37. The number of nitrogens with one attached hydrogen (secondary N) is 3. The molecule has 0 spiro atoms. The molecule has 0 saturated heterocycles. The van der Waals surface area contributed by atoms with Crippen LogP contribution >= 0.6 is 11.6 Å². The topological polar surface area (TPSA) is 94.0 Å². The van der Waals surface area contributed by atoms with Crippen molar-refractivity contribution in [3.05, 3.63) is 28.8 Å². The van der Waals surface area contributed by atoms with Crippen LogP contribution in [-0.4, -0.2) is 24.0 Å². The minimum Gasteiger partial charge on any atom is -0.349 e. The zero-order valence-corrected chi connectivity index (χ0v) is 13.6. The van der Waals surface area contributed by atoms with Crippen LogP contribution in [0.2, 0.25) is 5.02 Å². The molecular weight excluding hydrogens is 316 g/mol. The van der Waals surface area contributed by atoms with Crippen LogP contribution in [-0.2, 0) is 0 Å². The second-order valence-electron chi connectivity index (χ2n) is 5.51. The molecule has 1 saturated carbocycles. The molecule has 6 nitrogen and oxygen atoms in total. The smallest absolute Gasteiger partial charge is 0.319 e. The zero-order chi connectivity index (χ0) is 16.8. The number of halogens is 1. The average Bonchev–Trinajstić information content (AvgIpc) is 3.32. The maximum absolute atomic E-state index is 12.1. The number of hydrogen-bond acceptors (Lipinski definition) is 3. The third kappa shape index (κ3) is 5.15. The molecule has 1 fully saturated rings. The van der Waals surface area contributed by atoms with E-state index in [4.69, 9.17) is 16.9 Å². The molecule has 23 heavy (non-hydrogen) atoms. The highest BCUT2D eigenvalue weighted by Crippen LogP contribution is 2.24. The molecule has 0 aliphatic heterocycles. The summed E-state index contributed by atoms with van der Waals surface area (Å²) in [4.78, 5) is 24.0. The van der Waals surface area contributed by atoms with Gasteiger partial charge in [-0.1, -0.05) is 18.5 Å². The third-order valence-corrected chi connectivity index (χ3v) is 3.88. The van der Waals surface area contributed by atoms with E-state index in [1.165, 1.54) is 0 Å². The van der Waals surface area contributed by atoms with E-state index in [1.54, 1.807) is 18.2 Å². The van der Waals surface area contributed by atoms with Gasteiger partial charge >= 0.3 is 6.03 Å². The van der Waals surface area contributed by atoms with Gasteiger partial charge in [-0.25, -0.2) is 4.79 Å². The van der Waals surface area contributed by atoms with E-state index in [2.05, 4.69) is 16.0 Å². The minimum absolute atomic E-state index is 0.204. The molecular formula is C16H19ClN4O2. The molecule has 3 N–H and O–H groups in total. The van der Waals surface area contributed by atoms with Crippen molar-refractivity contribution in [1.29, 1.82) is 5.26 Å². The fourth-order valence-corrected chi connectivity index (χ4v) is 2.23. The second kappa shape index (κ2) is 7.84. The standard InChI is InChI=1S/C16H19ClN4O2/c1-2-10(7-8-18)20-16(23)21-12-5-6-14(17)13(9-12)15(22)19-11-3-4-11/h5-6,9-11H,2-4,7H2,1H3,(H,19,22)(H2,20,21,23)/t10-/m0/s1. The Bertz CT molecular complexity index is 637. The zero-order valence-electron chi connectivity index (χ0n) is 12.9. The van der Waals surface area contributed by atoms with Gasteiger partial charge in [-0.3, -0.25) is 4.79 Å². The lowest BCUT2D eigenvalue weighted by molar-refractivity contribution is 0.0951. The molecule has 3 amide bonds. The summed E-state index contributed by atoms with van der Waals surface area (Å²) < 4.78 is 0. The summed E-state index contributed by atoms with van der Waals surface area (Å²) in [6.45, 7) is 1.89. The van der Waals surface area contributed by atoms with E-state index in [-0.39, 0.29) is 24.4 Å². The first kappa shape index (κ1) is 17.1. The molecule has 0 aromatic heterocycles. The Kier molecular flexibility index (Phi) is 5.83. The summed E-state index contributed by atoms with van der Waals surface area (Å²) in [6, 6.07) is 6.39. The van der Waals surface area contributed by atoms with Crippen LogP contribution in [0.4, 0.5) is 10.5 Å². The Balaban J connectivity index is 2.00. The van der Waals surface area contributed by atoms with Crippen molar-refractivity contribution in [3.8, 4) is 6.07 Å². The van der Waals surface area contributed by atoms with Gasteiger partial charge in [0, 0.05) is 17.8 Å². The lowest BCUT2D eigenvalue weighted by Gasteiger charge is -2.15. The minimum atomic E-state index is -0.414. The highest BCUT2D eigenvalue weighted by Gasteiger charge is 2.25. The molecule has 122 valence electrons. The van der Waals surface area contributed by atoms with Crippen molar-refractivity contribution in [2.45, 2.75) is 44.7 Å². The van der Waals surface area contributed by atoms with E-state index in [1.807, 2.05) is 13.0 Å². The summed E-state index contributed by atoms with van der Waals surface area (Å²) >= 11 is 6.05. The molecule has 0 heterocycles. The monoisotopic (exact) mass is 334 g/mol. The summed E-state index contributed by atoms with van der Waals surface area (Å²) in [6.07, 6.45) is 2.89. The van der Waals surface area contributed by atoms with Crippen LogP contribution in [0.3, 0.4) is 0 Å². The molecule has 1 atom stereocenters. The molecule has 2 rings (SSSR count). The number of hydrogen-bond donors (Lipinski definition) is 3. The van der Waals surface area contributed by atoms with Crippen LogP contribution in [0.1, 0.15) is 43.0 Å². The Morgan fingerprint density at radius 1 is 1.43 bits per heavy atom. The number of carbonyl (C=O) groups excluding carboxylic acids is 2. The predicted molar refractivity (Wildman–Crippen MR) is 88.4 cm³/mol. The normalized spacial score (nSPS) is 14.5. The summed E-state index contributed by atoms with van der Waals surface area (Å²) in [7, 11) is 0. The number of nitrogens with zero attached hydrogens (tertiary/aromatic N) is 1. The van der Waals surface area contributed by atoms with E-state index >= 15 is 0 Å². The van der Waals surface area contributed by atoms with Crippen molar-refractivity contribution in [3.63, 3.8) is 0 Å². The molecule has 1 aliphatic rings. The summed E-state index contributed by atoms with van der Waals surface area (Å²) in [5, 5.41) is 17.3. The Morgan fingerprint density at radius 2 is 2.17 bits per heavy atom. The van der Waals surface area contributed by atoms with Gasteiger partial charge in [-0.05, 0) is 37.5 Å². The van der Waals surface area contributed by atoms with Crippen molar-refractivity contribution in [2.75, 3.05) is 5.32 Å². The molecule has 1 aromatic rings. The number of amides is 3. The van der Waals surface area contributed by atoms with Crippen LogP contribution in [0.15, 0.2) is 18.2 Å².